The van der Waals surface area contributed by atoms with Crippen LogP contribution in [0.25, 0.3) is 0 Å². The summed E-state index contributed by atoms with van der Waals surface area (Å²) in [6.07, 6.45) is -0.541. The molecular formula is C15H20Cl2N2O3. The van der Waals surface area contributed by atoms with Crippen molar-refractivity contribution in [3.8, 4) is 0 Å². The second kappa shape index (κ2) is 7.70. The number of nitrogens with one attached hydrogen (secondary N) is 1. The molecule has 0 spiro atoms. The van der Waals surface area contributed by atoms with E-state index in [1.54, 1.807) is 39.0 Å². The molecular weight excluding hydrogens is 327 g/mol. The first-order chi connectivity index (χ1) is 10.1. The van der Waals surface area contributed by atoms with Crippen molar-refractivity contribution in [2.75, 3.05) is 18.0 Å². The topological polar surface area (TPSA) is 58.6 Å². The average Bonchev–Trinajstić information content (AvgIpc) is 2.34. The zero-order valence-corrected chi connectivity index (χ0v) is 14.6. The highest BCUT2D eigenvalue weighted by molar-refractivity contribution is 6.39. The zero-order chi connectivity index (χ0) is 16.9. The summed E-state index contributed by atoms with van der Waals surface area (Å²) in [5.41, 5.74) is -0.138. The zero-order valence-electron chi connectivity index (χ0n) is 13.1. The van der Waals surface area contributed by atoms with Crippen LogP contribution in [-0.2, 0) is 9.53 Å². The molecule has 0 radical (unpaired) electrons. The largest absolute Gasteiger partial charge is 0.444 e. The molecule has 0 saturated heterocycles. The number of nitrogens with zero attached hydrogens (tertiary/aromatic N) is 1. The summed E-state index contributed by atoms with van der Waals surface area (Å²) < 4.78 is 5.13. The number of rotatable bonds is 4. The van der Waals surface area contributed by atoms with Gasteiger partial charge in [-0.05, 0) is 32.9 Å². The number of halogens is 2. The fourth-order valence-electron chi connectivity index (χ4n) is 1.76. The van der Waals surface area contributed by atoms with Crippen LogP contribution in [-0.4, -0.2) is 30.7 Å². The molecule has 1 N–H and O–H groups in total. The normalized spacial score (nSPS) is 11.0. The van der Waals surface area contributed by atoms with Gasteiger partial charge in [-0.3, -0.25) is 4.79 Å². The number of carbonyl (C=O) groups is 2. The Morgan fingerprint density at radius 3 is 2.23 bits per heavy atom. The van der Waals surface area contributed by atoms with Gasteiger partial charge in [0.25, 0.3) is 0 Å². The fourth-order valence-corrected chi connectivity index (χ4v) is 2.36. The monoisotopic (exact) mass is 346 g/mol. The van der Waals surface area contributed by atoms with Crippen LogP contribution < -0.4 is 10.2 Å². The van der Waals surface area contributed by atoms with Gasteiger partial charge in [0.1, 0.15) is 5.60 Å². The minimum absolute atomic E-state index is 0.218. The highest BCUT2D eigenvalue weighted by Gasteiger charge is 2.19. The number of hydrogen-bond donors (Lipinski definition) is 1. The summed E-state index contributed by atoms with van der Waals surface area (Å²) >= 11 is 12.2. The lowest BCUT2D eigenvalue weighted by molar-refractivity contribution is -0.116. The molecule has 122 valence electrons. The molecule has 0 atom stereocenters. The summed E-state index contributed by atoms with van der Waals surface area (Å²) in [4.78, 5) is 24.8. The van der Waals surface area contributed by atoms with Gasteiger partial charge in [-0.15, -0.1) is 0 Å². The van der Waals surface area contributed by atoms with E-state index in [1.165, 1.54) is 11.8 Å². The maximum Gasteiger partial charge on any atom is 0.407 e. The molecule has 0 aliphatic heterocycles. The van der Waals surface area contributed by atoms with E-state index in [4.69, 9.17) is 27.9 Å². The maximum atomic E-state index is 11.8. The Kier molecular flexibility index (Phi) is 6.50. The standard InChI is InChI=1S/C15H20Cl2N2O3/c1-10(20)19(13-11(16)6-5-7-12(13)17)9-8-18-14(21)22-15(2,3)4/h5-7H,8-9H2,1-4H3,(H,18,21). The van der Waals surface area contributed by atoms with E-state index in [1.807, 2.05) is 0 Å². The Balaban J connectivity index is 2.71. The average molecular weight is 347 g/mol. The molecule has 1 aromatic rings. The number of carbonyl (C=O) groups excluding carboxylic acids is 2. The Labute approximate surface area is 140 Å². The van der Waals surface area contributed by atoms with Gasteiger partial charge in [0.2, 0.25) is 5.91 Å². The number of amides is 2. The van der Waals surface area contributed by atoms with E-state index < -0.39 is 11.7 Å². The van der Waals surface area contributed by atoms with Crippen molar-refractivity contribution in [1.82, 2.24) is 5.32 Å². The van der Waals surface area contributed by atoms with Crippen LogP contribution in [0.5, 0.6) is 0 Å². The van der Waals surface area contributed by atoms with Crippen molar-refractivity contribution in [2.45, 2.75) is 33.3 Å². The lowest BCUT2D eigenvalue weighted by Crippen LogP contribution is -2.39. The van der Waals surface area contributed by atoms with Gasteiger partial charge in [-0.25, -0.2) is 4.79 Å². The first kappa shape index (κ1) is 18.6. The van der Waals surface area contributed by atoms with Gasteiger partial charge in [0.05, 0.1) is 15.7 Å². The van der Waals surface area contributed by atoms with Gasteiger partial charge in [0, 0.05) is 20.0 Å². The fraction of sp³-hybridized carbons (Fsp3) is 0.467. The van der Waals surface area contributed by atoms with Crippen LogP contribution in [0.15, 0.2) is 18.2 Å². The highest BCUT2D eigenvalue weighted by atomic mass is 35.5. The lowest BCUT2D eigenvalue weighted by atomic mass is 10.2. The first-order valence-electron chi connectivity index (χ1n) is 6.81. The van der Waals surface area contributed by atoms with E-state index in [0.29, 0.717) is 15.7 Å². The van der Waals surface area contributed by atoms with Gasteiger partial charge < -0.3 is 15.0 Å². The molecule has 22 heavy (non-hydrogen) atoms. The van der Waals surface area contributed by atoms with Crippen LogP contribution >= 0.6 is 23.2 Å². The molecule has 1 rings (SSSR count). The predicted octanol–water partition coefficient (Wildman–Crippen LogP) is 3.87. The molecule has 0 heterocycles. The van der Waals surface area contributed by atoms with Gasteiger partial charge in [-0.1, -0.05) is 29.3 Å². The first-order valence-corrected chi connectivity index (χ1v) is 7.56. The molecule has 0 unspecified atom stereocenters. The molecule has 0 aliphatic rings. The number of hydrogen-bond acceptors (Lipinski definition) is 3. The lowest BCUT2D eigenvalue weighted by Gasteiger charge is -2.24. The molecule has 0 aromatic heterocycles. The molecule has 0 bridgehead atoms. The van der Waals surface area contributed by atoms with Crippen LogP contribution in [0, 0.1) is 0 Å². The smallest absolute Gasteiger partial charge is 0.407 e. The van der Waals surface area contributed by atoms with Crippen molar-refractivity contribution in [2.24, 2.45) is 0 Å². The number of benzene rings is 1. The van der Waals surface area contributed by atoms with Gasteiger partial charge in [0.15, 0.2) is 0 Å². The van der Waals surface area contributed by atoms with Crippen LogP contribution in [0.1, 0.15) is 27.7 Å². The third-order valence-electron chi connectivity index (χ3n) is 2.59. The Morgan fingerprint density at radius 2 is 1.77 bits per heavy atom. The summed E-state index contributed by atoms with van der Waals surface area (Å²) in [6, 6.07) is 5.01. The third kappa shape index (κ3) is 5.73. The summed E-state index contributed by atoms with van der Waals surface area (Å²) in [7, 11) is 0. The molecule has 7 heteroatoms. The Morgan fingerprint density at radius 1 is 1.23 bits per heavy atom. The SMILES string of the molecule is CC(=O)N(CCNC(=O)OC(C)(C)C)c1c(Cl)cccc1Cl. The quantitative estimate of drug-likeness (QED) is 0.899. The van der Waals surface area contributed by atoms with E-state index in [-0.39, 0.29) is 19.0 Å². The molecule has 5 nitrogen and oxygen atoms in total. The van der Waals surface area contributed by atoms with Crippen molar-refractivity contribution in [3.05, 3.63) is 28.2 Å². The minimum atomic E-state index is -0.573. The van der Waals surface area contributed by atoms with Crippen LogP contribution in [0.2, 0.25) is 10.0 Å². The van der Waals surface area contributed by atoms with Crippen LogP contribution in [0.3, 0.4) is 0 Å². The van der Waals surface area contributed by atoms with Crippen molar-refractivity contribution < 1.29 is 14.3 Å². The number of ether oxygens (including phenoxy) is 1. The van der Waals surface area contributed by atoms with E-state index in [9.17, 15) is 9.59 Å². The third-order valence-corrected chi connectivity index (χ3v) is 3.20. The minimum Gasteiger partial charge on any atom is -0.444 e. The van der Waals surface area contributed by atoms with Crippen molar-refractivity contribution >= 4 is 40.9 Å². The Hall–Kier alpha value is -1.46. The highest BCUT2D eigenvalue weighted by Crippen LogP contribution is 2.33. The molecule has 0 fully saturated rings. The predicted molar refractivity (Wildman–Crippen MR) is 88.7 cm³/mol. The molecule has 2 amide bonds. The van der Waals surface area contributed by atoms with Crippen LogP contribution in [0.4, 0.5) is 10.5 Å². The van der Waals surface area contributed by atoms with E-state index >= 15 is 0 Å². The molecule has 1 aromatic carbocycles. The second-order valence-corrected chi connectivity index (χ2v) is 6.48. The van der Waals surface area contributed by atoms with Crippen molar-refractivity contribution in [3.63, 3.8) is 0 Å². The van der Waals surface area contributed by atoms with Crippen molar-refractivity contribution in [1.29, 1.82) is 0 Å². The van der Waals surface area contributed by atoms with E-state index in [2.05, 4.69) is 5.32 Å². The van der Waals surface area contributed by atoms with E-state index in [0.717, 1.165) is 0 Å². The number of para-hydroxylation sites is 1. The summed E-state index contributed by atoms with van der Waals surface area (Å²) in [6.45, 7) is 7.19. The molecule has 0 aliphatic carbocycles. The van der Waals surface area contributed by atoms with Gasteiger partial charge in [-0.2, -0.15) is 0 Å². The number of anilines is 1. The number of alkyl carbamates (subject to hydrolysis) is 1. The maximum absolute atomic E-state index is 11.8. The summed E-state index contributed by atoms with van der Waals surface area (Å²) in [5.74, 6) is -0.221. The molecule has 0 saturated carbocycles. The summed E-state index contributed by atoms with van der Waals surface area (Å²) in [5, 5.41) is 3.34. The van der Waals surface area contributed by atoms with Gasteiger partial charge >= 0.3 is 6.09 Å². The second-order valence-electron chi connectivity index (χ2n) is 5.67. The Bertz CT molecular complexity index is 536.